The van der Waals surface area contributed by atoms with Gasteiger partial charge in [-0.1, -0.05) is 23.7 Å². The van der Waals surface area contributed by atoms with E-state index in [1.54, 1.807) is 6.20 Å². The van der Waals surface area contributed by atoms with E-state index in [-0.39, 0.29) is 23.4 Å². The lowest BCUT2D eigenvalue weighted by Crippen LogP contribution is -2.38. The molecule has 3 heterocycles. The maximum absolute atomic E-state index is 13.0. The number of pyridine rings is 1. The molecular weight excluding hydrogens is 464 g/mol. The maximum Gasteiger partial charge on any atom is 0.253 e. The van der Waals surface area contributed by atoms with Gasteiger partial charge in [0.05, 0.1) is 19.3 Å². The molecule has 3 N–H and O–H groups in total. The molecule has 2 aliphatic rings. The van der Waals surface area contributed by atoms with Gasteiger partial charge >= 0.3 is 0 Å². The Kier molecular flexibility index (Phi) is 7.18. The molecule has 0 bridgehead atoms. The third kappa shape index (κ3) is 5.27. The van der Waals surface area contributed by atoms with Crippen LogP contribution in [0.15, 0.2) is 65.6 Å². The highest BCUT2D eigenvalue weighted by Crippen LogP contribution is 2.47. The third-order valence-corrected chi connectivity index (χ3v) is 6.96. The number of aromatic nitrogens is 1. The lowest BCUT2D eigenvalue weighted by molar-refractivity contribution is 0.0374. The van der Waals surface area contributed by atoms with E-state index in [0.717, 1.165) is 56.1 Å². The zero-order chi connectivity index (χ0) is 24.2. The molecule has 0 radical (unpaired) electrons. The van der Waals surface area contributed by atoms with E-state index in [0.29, 0.717) is 22.7 Å². The minimum absolute atomic E-state index is 0.0966. The quantitative estimate of drug-likeness (QED) is 0.437. The summed E-state index contributed by atoms with van der Waals surface area (Å²) in [6.07, 6.45) is 2.52. The molecule has 2 aromatic carbocycles. The first kappa shape index (κ1) is 23.6. The van der Waals surface area contributed by atoms with Crippen molar-refractivity contribution in [1.29, 1.82) is 0 Å². The van der Waals surface area contributed by atoms with Gasteiger partial charge in [0.1, 0.15) is 0 Å². The lowest BCUT2D eigenvalue weighted by atomic mass is 9.84. The van der Waals surface area contributed by atoms with Crippen LogP contribution < -0.4 is 16.2 Å². The number of nitrogens with one attached hydrogen (secondary N) is 3. The molecular formula is C27H29ClN4O3. The lowest BCUT2D eigenvalue weighted by Gasteiger charge is -2.26. The summed E-state index contributed by atoms with van der Waals surface area (Å²) in [6, 6.07) is 16.7. The van der Waals surface area contributed by atoms with Crippen molar-refractivity contribution < 1.29 is 9.53 Å². The van der Waals surface area contributed by atoms with E-state index < -0.39 is 0 Å². The largest absolute Gasteiger partial charge is 0.379 e. The topological polar surface area (TPSA) is 86.5 Å². The molecule has 2 unspecified atom stereocenters. The summed E-state index contributed by atoms with van der Waals surface area (Å²) in [4.78, 5) is 30.7. The highest BCUT2D eigenvalue weighted by Gasteiger charge is 2.36. The van der Waals surface area contributed by atoms with Crippen LogP contribution in [-0.4, -0.2) is 55.2 Å². The molecule has 8 heteroatoms. The highest BCUT2D eigenvalue weighted by molar-refractivity contribution is 6.30. The minimum atomic E-state index is -0.278. The molecule has 2 atom stereocenters. The van der Waals surface area contributed by atoms with Crippen LogP contribution in [0.1, 0.15) is 45.4 Å². The highest BCUT2D eigenvalue weighted by atomic mass is 35.5. The van der Waals surface area contributed by atoms with Crippen LogP contribution in [0.3, 0.4) is 0 Å². The number of nitrogens with zero attached hydrogens (tertiary/aromatic N) is 1. The smallest absolute Gasteiger partial charge is 0.253 e. The number of anilines is 1. The van der Waals surface area contributed by atoms with Crippen LogP contribution in [-0.2, 0) is 4.74 Å². The third-order valence-electron chi connectivity index (χ3n) is 6.73. The Morgan fingerprint density at radius 2 is 1.94 bits per heavy atom. The number of amides is 1. The van der Waals surface area contributed by atoms with Gasteiger partial charge in [0.25, 0.3) is 11.5 Å². The number of carbonyl (C=O) groups excluding carboxylic acids is 1. The fourth-order valence-corrected chi connectivity index (χ4v) is 5.16. The van der Waals surface area contributed by atoms with E-state index in [2.05, 4.69) is 20.5 Å². The zero-order valence-electron chi connectivity index (χ0n) is 19.4. The SMILES string of the molecule is O=C(NCCCN1CCOCC1)c1ccc2c(c1)C(c1cccc(Cl)c1)C(c1ccc[nH]c1=O)N2. The Morgan fingerprint density at radius 1 is 1.09 bits per heavy atom. The van der Waals surface area contributed by atoms with Gasteiger partial charge in [-0.15, -0.1) is 0 Å². The normalized spacial score (nSPS) is 19.7. The number of hydrogen-bond donors (Lipinski definition) is 3. The molecule has 1 saturated heterocycles. The molecule has 0 saturated carbocycles. The van der Waals surface area contributed by atoms with Crippen LogP contribution in [0.4, 0.5) is 5.69 Å². The molecule has 1 fully saturated rings. The van der Waals surface area contributed by atoms with Crippen LogP contribution >= 0.6 is 11.6 Å². The van der Waals surface area contributed by atoms with E-state index >= 15 is 0 Å². The van der Waals surface area contributed by atoms with Crippen LogP contribution in [0.25, 0.3) is 0 Å². The number of morpholine rings is 1. The van der Waals surface area contributed by atoms with Crippen LogP contribution in [0.2, 0.25) is 5.02 Å². The van der Waals surface area contributed by atoms with Gasteiger partial charge in [0.2, 0.25) is 0 Å². The van der Waals surface area contributed by atoms with Crippen molar-refractivity contribution in [1.82, 2.24) is 15.2 Å². The molecule has 2 aliphatic heterocycles. The summed E-state index contributed by atoms with van der Waals surface area (Å²) in [6.45, 7) is 5.01. The minimum Gasteiger partial charge on any atom is -0.379 e. The predicted molar refractivity (Wildman–Crippen MR) is 137 cm³/mol. The Balaban J connectivity index is 1.36. The second kappa shape index (κ2) is 10.6. The summed E-state index contributed by atoms with van der Waals surface area (Å²) >= 11 is 6.32. The monoisotopic (exact) mass is 492 g/mol. The van der Waals surface area contributed by atoms with Gasteiger partial charge < -0.3 is 20.4 Å². The van der Waals surface area contributed by atoms with Crippen molar-refractivity contribution >= 4 is 23.2 Å². The average molecular weight is 493 g/mol. The van der Waals surface area contributed by atoms with E-state index in [9.17, 15) is 9.59 Å². The summed E-state index contributed by atoms with van der Waals surface area (Å²) in [7, 11) is 0. The number of benzene rings is 2. The number of halogens is 1. The number of carbonyl (C=O) groups is 1. The molecule has 1 amide bonds. The van der Waals surface area contributed by atoms with Crippen molar-refractivity contribution in [2.45, 2.75) is 18.4 Å². The number of fused-ring (bicyclic) bond motifs is 1. The van der Waals surface area contributed by atoms with E-state index in [1.807, 2.05) is 54.6 Å². The van der Waals surface area contributed by atoms with Crippen molar-refractivity contribution in [3.05, 3.63) is 98.4 Å². The molecule has 182 valence electrons. The summed E-state index contributed by atoms with van der Waals surface area (Å²) in [5.41, 5.74) is 3.98. The number of ether oxygens (including phenoxy) is 1. The molecule has 3 aromatic rings. The molecule has 7 nitrogen and oxygen atoms in total. The Morgan fingerprint density at radius 3 is 2.74 bits per heavy atom. The number of rotatable bonds is 7. The van der Waals surface area contributed by atoms with Crippen LogP contribution in [0, 0.1) is 0 Å². The van der Waals surface area contributed by atoms with Gasteiger partial charge in [-0.25, -0.2) is 0 Å². The maximum atomic E-state index is 13.0. The number of hydrogen-bond acceptors (Lipinski definition) is 5. The fraction of sp³-hybridized carbons (Fsp3) is 0.333. The van der Waals surface area contributed by atoms with Crippen molar-refractivity contribution in [2.24, 2.45) is 0 Å². The molecule has 0 spiro atoms. The second-order valence-corrected chi connectivity index (χ2v) is 9.41. The van der Waals surface area contributed by atoms with Crippen LogP contribution in [0.5, 0.6) is 0 Å². The predicted octanol–water partition coefficient (Wildman–Crippen LogP) is 3.78. The first-order valence-electron chi connectivity index (χ1n) is 12.0. The summed E-state index contributed by atoms with van der Waals surface area (Å²) in [5, 5.41) is 7.19. The Bertz CT molecular complexity index is 1250. The summed E-state index contributed by atoms with van der Waals surface area (Å²) in [5.74, 6) is -0.262. The van der Waals surface area contributed by atoms with Crippen molar-refractivity contribution in [2.75, 3.05) is 44.7 Å². The van der Waals surface area contributed by atoms with Gasteiger partial charge in [0, 0.05) is 53.6 Å². The average Bonchev–Trinajstić information content (AvgIpc) is 3.26. The van der Waals surface area contributed by atoms with Gasteiger partial charge in [-0.3, -0.25) is 14.5 Å². The van der Waals surface area contributed by atoms with E-state index in [4.69, 9.17) is 16.3 Å². The van der Waals surface area contributed by atoms with Gasteiger partial charge in [-0.2, -0.15) is 0 Å². The summed E-state index contributed by atoms with van der Waals surface area (Å²) < 4.78 is 5.39. The van der Waals surface area contributed by atoms with Gasteiger partial charge in [-0.05, 0) is 66.6 Å². The molecule has 35 heavy (non-hydrogen) atoms. The Labute approximate surface area is 209 Å². The van der Waals surface area contributed by atoms with Crippen molar-refractivity contribution in [3.63, 3.8) is 0 Å². The zero-order valence-corrected chi connectivity index (χ0v) is 20.2. The first-order valence-corrected chi connectivity index (χ1v) is 12.4. The number of aromatic amines is 1. The Hall–Kier alpha value is -3.13. The first-order chi connectivity index (χ1) is 17.1. The van der Waals surface area contributed by atoms with Gasteiger partial charge in [0.15, 0.2) is 0 Å². The molecule has 5 rings (SSSR count). The number of H-pyrrole nitrogens is 1. The van der Waals surface area contributed by atoms with Crippen molar-refractivity contribution in [3.8, 4) is 0 Å². The fourth-order valence-electron chi connectivity index (χ4n) is 4.96. The molecule has 1 aromatic heterocycles. The second-order valence-electron chi connectivity index (χ2n) is 8.97. The standard InChI is InChI=1S/C27H29ClN4O3/c28-20-5-1-4-18(16-20)24-22-17-19(26(33)29-10-3-11-32-12-14-35-15-13-32)7-8-23(22)31-25(24)21-6-2-9-30-27(21)34/h1-2,4-9,16-17,24-25,31H,3,10-15H2,(H,29,33)(H,30,34). The molecule has 0 aliphatic carbocycles. The van der Waals surface area contributed by atoms with E-state index in [1.165, 1.54) is 0 Å².